The monoisotopic (exact) mass is 354 g/mol. The van der Waals surface area contributed by atoms with Crippen LogP contribution in [-0.4, -0.2) is 47.4 Å². The van der Waals surface area contributed by atoms with Crippen molar-refractivity contribution in [2.24, 2.45) is 5.41 Å². The summed E-state index contributed by atoms with van der Waals surface area (Å²) in [6.07, 6.45) is 2.66. The van der Waals surface area contributed by atoms with E-state index in [1.54, 1.807) is 31.4 Å². The lowest BCUT2D eigenvalue weighted by molar-refractivity contribution is -0.136. The number of piperidine rings is 1. The molecular formula is C17H26N2O4S. The highest BCUT2D eigenvalue weighted by molar-refractivity contribution is 7.90. The summed E-state index contributed by atoms with van der Waals surface area (Å²) < 4.78 is 28.3. The van der Waals surface area contributed by atoms with Gasteiger partial charge in [-0.1, -0.05) is 12.1 Å². The molecule has 1 aromatic carbocycles. The van der Waals surface area contributed by atoms with Crippen LogP contribution < -0.4 is 10.6 Å². The summed E-state index contributed by atoms with van der Waals surface area (Å²) in [7, 11) is -1.60. The quantitative estimate of drug-likeness (QED) is 0.804. The third kappa shape index (κ3) is 4.34. The first-order chi connectivity index (χ1) is 11.3. The van der Waals surface area contributed by atoms with Crippen LogP contribution in [0.5, 0.6) is 0 Å². The minimum absolute atomic E-state index is 0.00876. The minimum atomic E-state index is -3.21. The van der Waals surface area contributed by atoms with Gasteiger partial charge in [0.2, 0.25) is 5.91 Å². The van der Waals surface area contributed by atoms with Crippen molar-refractivity contribution in [3.8, 4) is 0 Å². The lowest BCUT2D eigenvalue weighted by Gasteiger charge is -2.36. The molecule has 1 fully saturated rings. The molecule has 24 heavy (non-hydrogen) atoms. The molecule has 134 valence electrons. The number of benzene rings is 1. The van der Waals surface area contributed by atoms with Gasteiger partial charge in [0.1, 0.15) is 0 Å². The van der Waals surface area contributed by atoms with E-state index in [9.17, 15) is 13.2 Å². The molecule has 0 spiro atoms. The molecule has 0 aliphatic carbocycles. The maximum Gasteiger partial charge on any atom is 0.229 e. The van der Waals surface area contributed by atoms with Crippen LogP contribution in [0.2, 0.25) is 0 Å². The van der Waals surface area contributed by atoms with Gasteiger partial charge in [-0.2, -0.15) is 0 Å². The Morgan fingerprint density at radius 2 is 1.88 bits per heavy atom. The van der Waals surface area contributed by atoms with Crippen LogP contribution in [0.1, 0.15) is 31.4 Å². The van der Waals surface area contributed by atoms with Crippen molar-refractivity contribution in [3.05, 3.63) is 29.8 Å². The molecule has 7 heteroatoms. The van der Waals surface area contributed by atoms with Crippen molar-refractivity contribution in [2.75, 3.05) is 33.1 Å². The topological polar surface area (TPSA) is 84.5 Å². The zero-order valence-electron chi connectivity index (χ0n) is 14.5. The first-order valence-corrected chi connectivity index (χ1v) is 9.98. The number of rotatable bonds is 6. The van der Waals surface area contributed by atoms with E-state index < -0.39 is 15.3 Å². The van der Waals surface area contributed by atoms with Crippen molar-refractivity contribution >= 4 is 15.7 Å². The number of sulfone groups is 1. The second kappa shape index (κ2) is 7.63. The van der Waals surface area contributed by atoms with E-state index in [2.05, 4.69) is 10.6 Å². The Morgan fingerprint density at radius 3 is 2.38 bits per heavy atom. The molecule has 0 saturated carbocycles. The van der Waals surface area contributed by atoms with Crippen LogP contribution in [0.15, 0.2) is 29.2 Å². The predicted molar refractivity (Wildman–Crippen MR) is 92.5 cm³/mol. The summed E-state index contributed by atoms with van der Waals surface area (Å²) in [5, 5.41) is 6.32. The summed E-state index contributed by atoms with van der Waals surface area (Å²) >= 11 is 0. The second-order valence-electron chi connectivity index (χ2n) is 6.50. The average Bonchev–Trinajstić information content (AvgIpc) is 2.55. The maximum atomic E-state index is 12.8. The van der Waals surface area contributed by atoms with Gasteiger partial charge in [0.05, 0.1) is 23.0 Å². The molecule has 2 N–H and O–H groups in total. The Bertz CT molecular complexity index is 659. The van der Waals surface area contributed by atoms with Crippen LogP contribution in [0, 0.1) is 5.41 Å². The van der Waals surface area contributed by atoms with Gasteiger partial charge in [-0.05, 0) is 50.6 Å². The zero-order valence-corrected chi connectivity index (χ0v) is 15.3. The predicted octanol–water partition coefficient (Wildman–Crippen LogP) is 1.28. The largest absolute Gasteiger partial charge is 0.384 e. The van der Waals surface area contributed by atoms with Crippen LogP contribution in [0.3, 0.4) is 0 Å². The van der Waals surface area contributed by atoms with Gasteiger partial charge >= 0.3 is 0 Å². The van der Waals surface area contributed by atoms with Crippen LogP contribution in [0.25, 0.3) is 0 Å². The number of methoxy groups -OCH3 is 1. The Kier molecular flexibility index (Phi) is 6.01. The van der Waals surface area contributed by atoms with E-state index in [4.69, 9.17) is 4.74 Å². The van der Waals surface area contributed by atoms with E-state index in [1.165, 1.54) is 6.26 Å². The SMILES string of the molecule is COCC1(C(=O)NC(C)c2ccc(S(C)(=O)=O)cc2)CCNCC1. The summed E-state index contributed by atoms with van der Waals surface area (Å²) in [4.78, 5) is 13.1. The van der Waals surface area contributed by atoms with Crippen LogP contribution in [-0.2, 0) is 19.4 Å². The van der Waals surface area contributed by atoms with Gasteiger partial charge in [0, 0.05) is 13.4 Å². The number of hydrogen-bond acceptors (Lipinski definition) is 5. The number of amides is 1. The Hall–Kier alpha value is -1.44. The average molecular weight is 354 g/mol. The first-order valence-electron chi connectivity index (χ1n) is 8.09. The van der Waals surface area contributed by atoms with Crippen LogP contribution in [0.4, 0.5) is 0 Å². The molecule has 1 saturated heterocycles. The molecule has 1 amide bonds. The maximum absolute atomic E-state index is 12.8. The number of nitrogens with one attached hydrogen (secondary N) is 2. The van der Waals surface area contributed by atoms with Gasteiger partial charge in [0.15, 0.2) is 9.84 Å². The van der Waals surface area contributed by atoms with E-state index >= 15 is 0 Å². The molecule has 1 aliphatic rings. The van der Waals surface area contributed by atoms with E-state index in [0.717, 1.165) is 31.5 Å². The van der Waals surface area contributed by atoms with Crippen molar-refractivity contribution < 1.29 is 17.9 Å². The normalized spacial score (nSPS) is 18.8. The lowest BCUT2D eigenvalue weighted by atomic mass is 9.78. The minimum Gasteiger partial charge on any atom is -0.384 e. The van der Waals surface area contributed by atoms with Crippen molar-refractivity contribution in [1.82, 2.24) is 10.6 Å². The molecule has 1 aliphatic heterocycles. The molecule has 0 radical (unpaired) electrons. The fraction of sp³-hybridized carbons (Fsp3) is 0.588. The highest BCUT2D eigenvalue weighted by atomic mass is 32.2. The summed E-state index contributed by atoms with van der Waals surface area (Å²) in [6.45, 7) is 3.90. The number of carbonyl (C=O) groups excluding carboxylic acids is 1. The van der Waals surface area contributed by atoms with Gasteiger partial charge in [0.25, 0.3) is 0 Å². The van der Waals surface area contributed by atoms with Gasteiger partial charge in [-0.25, -0.2) is 8.42 Å². The first kappa shape index (κ1) is 18.9. The van der Waals surface area contributed by atoms with Crippen LogP contribution >= 0.6 is 0 Å². The van der Waals surface area contributed by atoms with Gasteiger partial charge in [-0.15, -0.1) is 0 Å². The lowest BCUT2D eigenvalue weighted by Crippen LogP contribution is -2.50. The molecule has 1 atom stereocenters. The second-order valence-corrected chi connectivity index (χ2v) is 8.52. The Balaban J connectivity index is 2.09. The Morgan fingerprint density at radius 1 is 1.29 bits per heavy atom. The van der Waals surface area contributed by atoms with Crippen molar-refractivity contribution in [1.29, 1.82) is 0 Å². The molecule has 0 aromatic heterocycles. The summed E-state index contributed by atoms with van der Waals surface area (Å²) in [5.41, 5.74) is 0.373. The molecule has 1 aromatic rings. The van der Waals surface area contributed by atoms with E-state index in [0.29, 0.717) is 6.61 Å². The summed E-state index contributed by atoms with van der Waals surface area (Å²) in [6, 6.07) is 6.43. The fourth-order valence-electron chi connectivity index (χ4n) is 3.06. The number of carbonyl (C=O) groups is 1. The summed E-state index contributed by atoms with van der Waals surface area (Å²) in [5.74, 6) is -0.00876. The standard InChI is InChI=1S/C17H26N2O4S/c1-13(14-4-6-15(7-5-14)24(3,21)22)19-16(20)17(12-23-2)8-10-18-11-9-17/h4-7,13,18H,8-12H2,1-3H3,(H,19,20). The van der Waals surface area contributed by atoms with Gasteiger partial charge in [-0.3, -0.25) is 4.79 Å². The van der Waals surface area contributed by atoms with Crippen molar-refractivity contribution in [3.63, 3.8) is 0 Å². The third-order valence-corrected chi connectivity index (χ3v) is 5.75. The molecule has 1 unspecified atom stereocenters. The number of hydrogen-bond donors (Lipinski definition) is 2. The molecular weight excluding hydrogens is 328 g/mol. The molecule has 1 heterocycles. The van der Waals surface area contributed by atoms with E-state index in [1.807, 2.05) is 6.92 Å². The molecule has 6 nitrogen and oxygen atoms in total. The smallest absolute Gasteiger partial charge is 0.229 e. The fourth-order valence-corrected chi connectivity index (χ4v) is 3.69. The van der Waals surface area contributed by atoms with Crippen molar-refractivity contribution in [2.45, 2.75) is 30.7 Å². The zero-order chi connectivity index (χ0) is 17.8. The van der Waals surface area contributed by atoms with E-state index in [-0.39, 0.29) is 16.8 Å². The molecule has 0 bridgehead atoms. The van der Waals surface area contributed by atoms with Gasteiger partial charge < -0.3 is 15.4 Å². The number of ether oxygens (including phenoxy) is 1. The third-order valence-electron chi connectivity index (χ3n) is 4.62. The highest BCUT2D eigenvalue weighted by Crippen LogP contribution is 2.30. The highest BCUT2D eigenvalue weighted by Gasteiger charge is 2.40. The molecule has 2 rings (SSSR count). The Labute approximate surface area is 143 Å².